The Balaban J connectivity index is 1.76. The van der Waals surface area contributed by atoms with Crippen LogP contribution in [0.5, 0.6) is 0 Å². The van der Waals surface area contributed by atoms with Crippen LogP contribution < -0.4 is 5.32 Å². The summed E-state index contributed by atoms with van der Waals surface area (Å²) in [6, 6.07) is 8.42. The maximum absolute atomic E-state index is 11.8. The number of nitrogens with one attached hydrogen (secondary N) is 1. The second kappa shape index (κ2) is 6.41. The van der Waals surface area contributed by atoms with Crippen LogP contribution in [0, 0.1) is 5.41 Å². The molecule has 1 aromatic carbocycles. The molecule has 1 fully saturated rings. The first-order valence-corrected chi connectivity index (χ1v) is 8.44. The van der Waals surface area contributed by atoms with Gasteiger partial charge in [0.05, 0.1) is 12.4 Å². The highest BCUT2D eigenvalue weighted by atomic mass is 32.2. The van der Waals surface area contributed by atoms with E-state index in [1.165, 1.54) is 5.56 Å². The first-order valence-electron chi connectivity index (χ1n) is 7.46. The molecule has 0 aliphatic heterocycles. The Bertz CT molecular complexity index is 487. The molecule has 116 valence electrons. The minimum Gasteiger partial charge on any atom is -0.396 e. The molecule has 0 aromatic heterocycles. The van der Waals surface area contributed by atoms with Crippen molar-refractivity contribution in [1.29, 1.82) is 0 Å². The fourth-order valence-corrected chi connectivity index (χ4v) is 2.83. The van der Waals surface area contributed by atoms with Gasteiger partial charge < -0.3 is 10.4 Å². The Hall–Kier alpha value is -1.00. The molecule has 4 heteroatoms. The Morgan fingerprint density at radius 2 is 1.90 bits per heavy atom. The lowest BCUT2D eigenvalue weighted by Crippen LogP contribution is -2.32. The molecule has 1 aliphatic carbocycles. The zero-order valence-electron chi connectivity index (χ0n) is 13.1. The van der Waals surface area contributed by atoms with Crippen LogP contribution in [0.4, 0.5) is 0 Å². The largest absolute Gasteiger partial charge is 0.396 e. The third-order valence-electron chi connectivity index (χ3n) is 4.04. The second-order valence-corrected chi connectivity index (χ2v) is 8.05. The first kappa shape index (κ1) is 16.4. The first-order chi connectivity index (χ1) is 9.85. The van der Waals surface area contributed by atoms with Crippen LogP contribution in [0.2, 0.25) is 0 Å². The van der Waals surface area contributed by atoms with E-state index in [1.807, 2.05) is 0 Å². The topological polar surface area (TPSA) is 49.3 Å². The average Bonchev–Trinajstić information content (AvgIpc) is 3.23. The molecule has 0 radical (unpaired) electrons. The van der Waals surface area contributed by atoms with Crippen molar-refractivity contribution in [2.45, 2.75) is 43.9 Å². The molecule has 0 heterocycles. The maximum atomic E-state index is 11.8. The molecule has 3 nitrogen and oxygen atoms in total. The zero-order chi connectivity index (χ0) is 15.5. The number of aliphatic hydroxyl groups excluding tert-OH is 1. The van der Waals surface area contributed by atoms with Crippen molar-refractivity contribution in [3.8, 4) is 0 Å². The van der Waals surface area contributed by atoms with Gasteiger partial charge in [-0.05, 0) is 36.0 Å². The number of thioether (sulfide) groups is 1. The number of carbonyl (C=O) groups excluding carboxylic acids is 1. The number of hydrogen-bond acceptors (Lipinski definition) is 3. The van der Waals surface area contributed by atoms with Crippen molar-refractivity contribution in [1.82, 2.24) is 5.32 Å². The molecule has 1 amide bonds. The molecule has 0 unspecified atom stereocenters. The minimum atomic E-state index is -0.0192. The molecule has 21 heavy (non-hydrogen) atoms. The van der Waals surface area contributed by atoms with Crippen LogP contribution in [-0.4, -0.2) is 29.9 Å². The summed E-state index contributed by atoms with van der Waals surface area (Å²) in [5, 5.41) is 12.1. The van der Waals surface area contributed by atoms with Gasteiger partial charge in [0.15, 0.2) is 0 Å². The maximum Gasteiger partial charge on any atom is 0.230 e. The fraction of sp³-hybridized carbons (Fsp3) is 0.588. The molecule has 1 aliphatic rings. The quantitative estimate of drug-likeness (QED) is 0.794. The normalized spacial score (nSPS) is 16.6. The Kier molecular flexibility index (Phi) is 4.99. The monoisotopic (exact) mass is 307 g/mol. The van der Waals surface area contributed by atoms with Crippen molar-refractivity contribution < 1.29 is 9.90 Å². The van der Waals surface area contributed by atoms with Crippen molar-refractivity contribution >= 4 is 17.7 Å². The van der Waals surface area contributed by atoms with Gasteiger partial charge in [-0.1, -0.05) is 32.9 Å². The van der Waals surface area contributed by atoms with E-state index in [9.17, 15) is 9.90 Å². The molecule has 1 saturated carbocycles. The highest BCUT2D eigenvalue weighted by molar-refractivity contribution is 8.00. The predicted molar refractivity (Wildman–Crippen MR) is 87.6 cm³/mol. The lowest BCUT2D eigenvalue weighted by molar-refractivity contribution is -0.118. The molecule has 0 bridgehead atoms. The third-order valence-corrected chi connectivity index (χ3v) is 5.06. The molecular weight excluding hydrogens is 282 g/mol. The van der Waals surface area contributed by atoms with Gasteiger partial charge >= 0.3 is 0 Å². The number of hydrogen-bond donors (Lipinski definition) is 2. The summed E-state index contributed by atoms with van der Waals surface area (Å²) in [6.07, 6.45) is 2.04. The Morgan fingerprint density at radius 1 is 1.29 bits per heavy atom. The highest BCUT2D eigenvalue weighted by Crippen LogP contribution is 2.44. The third kappa shape index (κ3) is 4.75. The van der Waals surface area contributed by atoms with E-state index < -0.39 is 0 Å². The van der Waals surface area contributed by atoms with Crippen LogP contribution in [-0.2, 0) is 10.2 Å². The van der Waals surface area contributed by atoms with Crippen LogP contribution in [0.25, 0.3) is 0 Å². The van der Waals surface area contributed by atoms with Gasteiger partial charge in [0.25, 0.3) is 0 Å². The summed E-state index contributed by atoms with van der Waals surface area (Å²) in [5.41, 5.74) is 1.44. The molecule has 1 aromatic rings. The van der Waals surface area contributed by atoms with Crippen molar-refractivity contribution in [2.75, 3.05) is 18.9 Å². The summed E-state index contributed by atoms with van der Waals surface area (Å²) in [7, 11) is 0. The van der Waals surface area contributed by atoms with Crippen LogP contribution in [0.1, 0.15) is 39.2 Å². The molecule has 2 rings (SSSR count). The predicted octanol–water partition coefficient (Wildman–Crippen LogP) is 2.96. The van der Waals surface area contributed by atoms with E-state index in [0.29, 0.717) is 12.3 Å². The van der Waals surface area contributed by atoms with Gasteiger partial charge in [-0.3, -0.25) is 4.79 Å². The number of carbonyl (C=O) groups is 1. The second-order valence-electron chi connectivity index (χ2n) is 7.00. The number of aliphatic hydroxyl groups is 1. The molecule has 0 saturated heterocycles. The number of benzene rings is 1. The molecule has 0 atom stereocenters. The summed E-state index contributed by atoms with van der Waals surface area (Å²) in [5.74, 6) is 0.468. The Morgan fingerprint density at radius 3 is 2.38 bits per heavy atom. The number of amides is 1. The van der Waals surface area contributed by atoms with Gasteiger partial charge in [0, 0.05) is 16.9 Å². The van der Waals surface area contributed by atoms with E-state index in [-0.39, 0.29) is 23.3 Å². The number of rotatable bonds is 6. The lowest BCUT2D eigenvalue weighted by Gasteiger charge is -2.19. The van der Waals surface area contributed by atoms with E-state index in [2.05, 4.69) is 50.4 Å². The SMILES string of the molecule is CC(C)(C)c1ccc(SCC(=O)NCC2(CO)CC2)cc1. The van der Waals surface area contributed by atoms with Crippen LogP contribution >= 0.6 is 11.8 Å². The summed E-state index contributed by atoms with van der Waals surface area (Å²) < 4.78 is 0. The smallest absolute Gasteiger partial charge is 0.230 e. The van der Waals surface area contributed by atoms with E-state index in [4.69, 9.17) is 0 Å². The zero-order valence-corrected chi connectivity index (χ0v) is 13.9. The van der Waals surface area contributed by atoms with Crippen LogP contribution in [0.15, 0.2) is 29.2 Å². The summed E-state index contributed by atoms with van der Waals surface area (Å²) in [4.78, 5) is 12.9. The molecule has 2 N–H and O–H groups in total. The van der Waals surface area contributed by atoms with Crippen molar-refractivity contribution in [3.63, 3.8) is 0 Å². The molecular formula is C17H25NO2S. The minimum absolute atomic E-state index is 0.0192. The van der Waals surface area contributed by atoms with E-state index in [0.717, 1.165) is 17.7 Å². The standard InChI is InChI=1S/C17H25NO2S/c1-16(2,3)13-4-6-14(7-5-13)21-10-15(20)18-11-17(12-19)8-9-17/h4-7,19H,8-12H2,1-3H3,(H,18,20). The van der Waals surface area contributed by atoms with E-state index >= 15 is 0 Å². The molecule has 0 spiro atoms. The Labute approximate surface area is 131 Å². The van der Waals surface area contributed by atoms with Crippen LogP contribution in [0.3, 0.4) is 0 Å². The summed E-state index contributed by atoms with van der Waals surface area (Å²) in [6.45, 7) is 7.35. The van der Waals surface area contributed by atoms with Crippen molar-refractivity contribution in [2.24, 2.45) is 5.41 Å². The van der Waals surface area contributed by atoms with Gasteiger partial charge in [-0.15, -0.1) is 11.8 Å². The lowest BCUT2D eigenvalue weighted by atomic mass is 9.87. The van der Waals surface area contributed by atoms with Gasteiger partial charge in [0.1, 0.15) is 0 Å². The van der Waals surface area contributed by atoms with Gasteiger partial charge in [-0.2, -0.15) is 0 Å². The average molecular weight is 307 g/mol. The summed E-state index contributed by atoms with van der Waals surface area (Å²) >= 11 is 1.55. The van der Waals surface area contributed by atoms with Crippen molar-refractivity contribution in [3.05, 3.63) is 29.8 Å². The fourth-order valence-electron chi connectivity index (χ4n) is 2.10. The van der Waals surface area contributed by atoms with E-state index in [1.54, 1.807) is 11.8 Å². The van der Waals surface area contributed by atoms with Gasteiger partial charge in [0.2, 0.25) is 5.91 Å². The van der Waals surface area contributed by atoms with Gasteiger partial charge in [-0.25, -0.2) is 0 Å². The highest BCUT2D eigenvalue weighted by Gasteiger charge is 2.41.